The molecule has 10 heavy (non-hydrogen) atoms. The SMILES string of the molecule is C=CCN1CC(N)CC1=O. The van der Waals surface area contributed by atoms with Gasteiger partial charge in [0.05, 0.1) is 0 Å². The second-order valence-electron chi connectivity index (χ2n) is 2.55. The van der Waals surface area contributed by atoms with Crippen molar-refractivity contribution < 1.29 is 4.79 Å². The van der Waals surface area contributed by atoms with Crippen molar-refractivity contribution in [3.05, 3.63) is 12.7 Å². The zero-order valence-electron chi connectivity index (χ0n) is 5.92. The molecule has 1 rings (SSSR count). The number of hydrogen-bond acceptors (Lipinski definition) is 2. The van der Waals surface area contributed by atoms with Crippen LogP contribution in [0.3, 0.4) is 0 Å². The van der Waals surface area contributed by atoms with Gasteiger partial charge in [0.1, 0.15) is 0 Å². The Morgan fingerprint density at radius 2 is 2.60 bits per heavy atom. The molecule has 0 saturated carbocycles. The number of likely N-dealkylation sites (tertiary alicyclic amines) is 1. The van der Waals surface area contributed by atoms with Crippen molar-refractivity contribution in [2.75, 3.05) is 13.1 Å². The van der Waals surface area contributed by atoms with Crippen molar-refractivity contribution in [3.8, 4) is 0 Å². The Hall–Kier alpha value is -0.830. The molecule has 0 aromatic heterocycles. The molecule has 0 aromatic rings. The molecule has 0 bridgehead atoms. The monoisotopic (exact) mass is 140 g/mol. The van der Waals surface area contributed by atoms with Gasteiger partial charge in [0, 0.05) is 25.6 Å². The summed E-state index contributed by atoms with van der Waals surface area (Å²) in [6.07, 6.45) is 2.21. The van der Waals surface area contributed by atoms with Gasteiger partial charge in [-0.2, -0.15) is 0 Å². The number of carbonyl (C=O) groups is 1. The molecule has 3 nitrogen and oxygen atoms in total. The molecule has 56 valence electrons. The van der Waals surface area contributed by atoms with Gasteiger partial charge in [-0.15, -0.1) is 6.58 Å². The fourth-order valence-electron chi connectivity index (χ4n) is 1.14. The highest BCUT2D eigenvalue weighted by Gasteiger charge is 2.25. The first-order valence-electron chi connectivity index (χ1n) is 3.38. The number of nitrogens with two attached hydrogens (primary N) is 1. The normalized spacial score (nSPS) is 25.5. The summed E-state index contributed by atoms with van der Waals surface area (Å²) >= 11 is 0. The molecular formula is C7H12N2O. The predicted molar refractivity (Wildman–Crippen MR) is 39.4 cm³/mol. The van der Waals surface area contributed by atoms with E-state index in [1.54, 1.807) is 11.0 Å². The Morgan fingerprint density at radius 3 is 3.00 bits per heavy atom. The fourth-order valence-corrected chi connectivity index (χ4v) is 1.14. The first-order chi connectivity index (χ1) is 4.74. The molecule has 0 aromatic carbocycles. The van der Waals surface area contributed by atoms with E-state index >= 15 is 0 Å². The molecule has 0 radical (unpaired) electrons. The predicted octanol–water partition coefficient (Wildman–Crippen LogP) is -0.268. The molecule has 0 aliphatic carbocycles. The maximum Gasteiger partial charge on any atom is 0.224 e. The molecule has 1 heterocycles. The molecule has 1 unspecified atom stereocenters. The van der Waals surface area contributed by atoms with Crippen LogP contribution in [-0.2, 0) is 4.79 Å². The van der Waals surface area contributed by atoms with Gasteiger partial charge in [0.15, 0.2) is 0 Å². The smallest absolute Gasteiger partial charge is 0.224 e. The Balaban J connectivity index is 2.46. The lowest BCUT2D eigenvalue weighted by Gasteiger charge is -2.11. The number of rotatable bonds is 2. The second kappa shape index (κ2) is 2.84. The zero-order chi connectivity index (χ0) is 7.56. The minimum Gasteiger partial charge on any atom is -0.337 e. The van der Waals surface area contributed by atoms with Crippen molar-refractivity contribution in [2.45, 2.75) is 12.5 Å². The minimum atomic E-state index is 0.0347. The highest BCUT2D eigenvalue weighted by molar-refractivity contribution is 5.79. The molecule has 1 fully saturated rings. The summed E-state index contributed by atoms with van der Waals surface area (Å²) in [5.74, 6) is 0.146. The van der Waals surface area contributed by atoms with Crippen LogP contribution in [0.1, 0.15) is 6.42 Å². The lowest BCUT2D eigenvalue weighted by molar-refractivity contribution is -0.127. The first-order valence-corrected chi connectivity index (χ1v) is 3.38. The van der Waals surface area contributed by atoms with Crippen LogP contribution < -0.4 is 5.73 Å². The van der Waals surface area contributed by atoms with E-state index in [0.29, 0.717) is 19.5 Å². The minimum absolute atomic E-state index is 0.0347. The standard InChI is InChI=1S/C7H12N2O/c1-2-3-9-5-6(8)4-7(9)10/h2,6H,1,3-5,8H2. The van der Waals surface area contributed by atoms with Crippen molar-refractivity contribution >= 4 is 5.91 Å². The van der Waals surface area contributed by atoms with Crippen LogP contribution in [0.25, 0.3) is 0 Å². The topological polar surface area (TPSA) is 46.3 Å². The van der Waals surface area contributed by atoms with Gasteiger partial charge in [-0.05, 0) is 0 Å². The third kappa shape index (κ3) is 1.36. The third-order valence-corrected chi connectivity index (χ3v) is 1.59. The molecule has 3 heteroatoms. The maximum atomic E-state index is 11.0. The van der Waals surface area contributed by atoms with E-state index in [0.717, 1.165) is 0 Å². The van der Waals surface area contributed by atoms with E-state index in [1.165, 1.54) is 0 Å². The highest BCUT2D eigenvalue weighted by atomic mass is 16.2. The van der Waals surface area contributed by atoms with Crippen molar-refractivity contribution in [1.82, 2.24) is 4.90 Å². The lowest BCUT2D eigenvalue weighted by Crippen LogP contribution is -2.28. The van der Waals surface area contributed by atoms with Crippen LogP contribution in [0.5, 0.6) is 0 Å². The molecule has 1 saturated heterocycles. The van der Waals surface area contributed by atoms with Gasteiger partial charge in [-0.25, -0.2) is 0 Å². The Bertz CT molecular complexity index is 156. The summed E-state index contributed by atoms with van der Waals surface area (Å²) in [6, 6.07) is 0.0347. The Morgan fingerprint density at radius 1 is 1.90 bits per heavy atom. The average molecular weight is 140 g/mol. The van der Waals surface area contributed by atoms with Gasteiger partial charge in [-0.3, -0.25) is 4.79 Å². The van der Waals surface area contributed by atoms with Gasteiger partial charge < -0.3 is 10.6 Å². The molecule has 1 amide bonds. The van der Waals surface area contributed by atoms with Gasteiger partial charge in [0.2, 0.25) is 5.91 Å². The average Bonchev–Trinajstić information content (AvgIpc) is 2.13. The van der Waals surface area contributed by atoms with Gasteiger partial charge in [-0.1, -0.05) is 6.08 Å². The van der Waals surface area contributed by atoms with Crippen LogP contribution in [0, 0.1) is 0 Å². The van der Waals surface area contributed by atoms with Crippen LogP contribution in [0.4, 0.5) is 0 Å². The summed E-state index contributed by atoms with van der Waals surface area (Å²) in [5, 5.41) is 0. The van der Waals surface area contributed by atoms with E-state index < -0.39 is 0 Å². The maximum absolute atomic E-state index is 11.0. The van der Waals surface area contributed by atoms with E-state index in [4.69, 9.17) is 5.73 Å². The summed E-state index contributed by atoms with van der Waals surface area (Å²) in [6.45, 7) is 4.87. The molecule has 1 atom stereocenters. The Labute approximate surface area is 60.5 Å². The molecule has 2 N–H and O–H groups in total. The van der Waals surface area contributed by atoms with Gasteiger partial charge >= 0.3 is 0 Å². The number of amides is 1. The van der Waals surface area contributed by atoms with Crippen LogP contribution in [0.2, 0.25) is 0 Å². The number of nitrogens with zero attached hydrogens (tertiary/aromatic N) is 1. The largest absolute Gasteiger partial charge is 0.337 e. The van der Waals surface area contributed by atoms with Crippen molar-refractivity contribution in [1.29, 1.82) is 0 Å². The van der Waals surface area contributed by atoms with Crippen molar-refractivity contribution in [3.63, 3.8) is 0 Å². The third-order valence-electron chi connectivity index (χ3n) is 1.59. The summed E-state index contributed by atoms with van der Waals surface area (Å²) in [4.78, 5) is 12.7. The molecular weight excluding hydrogens is 128 g/mol. The van der Waals surface area contributed by atoms with E-state index in [-0.39, 0.29) is 11.9 Å². The zero-order valence-corrected chi connectivity index (χ0v) is 5.92. The second-order valence-corrected chi connectivity index (χ2v) is 2.55. The number of hydrogen-bond donors (Lipinski definition) is 1. The van der Waals surface area contributed by atoms with Gasteiger partial charge in [0.25, 0.3) is 0 Å². The van der Waals surface area contributed by atoms with Crippen LogP contribution in [-0.4, -0.2) is 29.9 Å². The van der Waals surface area contributed by atoms with E-state index in [9.17, 15) is 4.79 Å². The molecule has 0 spiro atoms. The quantitative estimate of drug-likeness (QED) is 0.537. The van der Waals surface area contributed by atoms with Crippen LogP contribution in [0.15, 0.2) is 12.7 Å². The lowest BCUT2D eigenvalue weighted by atomic mass is 10.3. The van der Waals surface area contributed by atoms with E-state index in [2.05, 4.69) is 6.58 Å². The van der Waals surface area contributed by atoms with Crippen molar-refractivity contribution in [2.24, 2.45) is 5.73 Å². The summed E-state index contributed by atoms with van der Waals surface area (Å²) in [7, 11) is 0. The first kappa shape index (κ1) is 7.28. The van der Waals surface area contributed by atoms with Crippen LogP contribution >= 0.6 is 0 Å². The molecule has 1 aliphatic rings. The molecule has 1 aliphatic heterocycles. The summed E-state index contributed by atoms with van der Waals surface area (Å²) < 4.78 is 0. The fraction of sp³-hybridized carbons (Fsp3) is 0.571. The van der Waals surface area contributed by atoms with E-state index in [1.807, 2.05) is 0 Å². The highest BCUT2D eigenvalue weighted by Crippen LogP contribution is 2.07. The number of carbonyl (C=O) groups excluding carboxylic acids is 1. The Kier molecular flexibility index (Phi) is 2.06. The summed E-state index contributed by atoms with van der Waals surface area (Å²) in [5.41, 5.74) is 5.55.